The Labute approximate surface area is 186 Å². The summed E-state index contributed by atoms with van der Waals surface area (Å²) in [5.74, 6) is -7.85. The van der Waals surface area contributed by atoms with Gasteiger partial charge in [0.25, 0.3) is 5.91 Å². The van der Waals surface area contributed by atoms with Crippen molar-refractivity contribution in [3.8, 4) is 0 Å². The van der Waals surface area contributed by atoms with E-state index in [4.69, 9.17) is 0 Å². The first-order valence-electron chi connectivity index (χ1n) is 10.5. The van der Waals surface area contributed by atoms with Gasteiger partial charge in [-0.25, -0.2) is 22.4 Å². The largest absolute Gasteiger partial charge is 0.393 e. The van der Waals surface area contributed by atoms with Crippen molar-refractivity contribution >= 4 is 17.6 Å². The molecule has 3 amide bonds. The molecule has 178 valence electrons. The number of hydrogen-bond acceptors (Lipinski definition) is 4. The number of hydrogen-bond donors (Lipinski definition) is 2. The zero-order valence-electron chi connectivity index (χ0n) is 18.0. The number of anilines is 1. The number of carbonyl (C=O) groups is 2. The topological polar surface area (TPSA) is 90.7 Å². The van der Waals surface area contributed by atoms with Crippen molar-refractivity contribution in [2.75, 3.05) is 25.5 Å². The average molecular weight is 469 g/mol. The van der Waals surface area contributed by atoms with Gasteiger partial charge in [0.2, 0.25) is 0 Å². The SMILES string of the molecule is CC[C@H](O)[C@@H]1CN(C)C(=O)c2c3c(nn2C1)CCN(C(=O)Nc1cc(F)c(F)c(F)c1F)C3. The van der Waals surface area contributed by atoms with Gasteiger partial charge in [-0.15, -0.1) is 0 Å². The lowest BCUT2D eigenvalue weighted by molar-refractivity contribution is 0.0626. The second-order valence-corrected chi connectivity index (χ2v) is 8.33. The number of fused-ring (bicyclic) bond motifs is 3. The van der Waals surface area contributed by atoms with Gasteiger partial charge in [-0.2, -0.15) is 5.10 Å². The van der Waals surface area contributed by atoms with Crippen LogP contribution < -0.4 is 5.32 Å². The molecule has 0 fully saturated rings. The van der Waals surface area contributed by atoms with E-state index in [1.54, 1.807) is 11.7 Å². The fourth-order valence-electron chi connectivity index (χ4n) is 4.30. The highest BCUT2D eigenvalue weighted by Crippen LogP contribution is 2.29. The molecule has 1 aromatic heterocycles. The number of benzene rings is 1. The Kier molecular flexibility index (Phi) is 6.04. The molecule has 2 aliphatic heterocycles. The number of rotatable bonds is 3. The molecule has 1 aromatic carbocycles. The molecular formula is C21H23F4N5O3. The number of aromatic nitrogens is 2. The van der Waals surface area contributed by atoms with Crippen LogP contribution in [0.2, 0.25) is 0 Å². The van der Waals surface area contributed by atoms with Crippen molar-refractivity contribution in [1.82, 2.24) is 19.6 Å². The van der Waals surface area contributed by atoms with Crippen molar-refractivity contribution in [2.45, 2.75) is 39.0 Å². The summed E-state index contributed by atoms with van der Waals surface area (Å²) < 4.78 is 55.7. The van der Waals surface area contributed by atoms with Crippen molar-refractivity contribution in [1.29, 1.82) is 0 Å². The molecule has 0 saturated carbocycles. The number of nitrogens with one attached hydrogen (secondary N) is 1. The Morgan fingerprint density at radius 3 is 2.67 bits per heavy atom. The van der Waals surface area contributed by atoms with Crippen LogP contribution in [0.4, 0.5) is 28.0 Å². The molecule has 3 heterocycles. The molecular weight excluding hydrogens is 446 g/mol. The van der Waals surface area contributed by atoms with Crippen molar-refractivity contribution in [3.63, 3.8) is 0 Å². The van der Waals surface area contributed by atoms with Crippen LogP contribution in [-0.2, 0) is 19.5 Å². The smallest absolute Gasteiger partial charge is 0.322 e. The van der Waals surface area contributed by atoms with Crippen molar-refractivity contribution in [2.24, 2.45) is 5.92 Å². The summed E-state index contributed by atoms with van der Waals surface area (Å²) in [6.45, 7) is 2.65. The highest BCUT2D eigenvalue weighted by Gasteiger charge is 2.36. The Morgan fingerprint density at radius 2 is 1.97 bits per heavy atom. The third kappa shape index (κ3) is 4.03. The van der Waals surface area contributed by atoms with E-state index in [0.29, 0.717) is 48.9 Å². The molecule has 0 saturated heterocycles. The molecule has 0 radical (unpaired) electrons. The van der Waals surface area contributed by atoms with Gasteiger partial charge >= 0.3 is 6.03 Å². The maximum Gasteiger partial charge on any atom is 0.322 e. The number of nitrogens with zero attached hydrogens (tertiary/aromatic N) is 4. The summed E-state index contributed by atoms with van der Waals surface area (Å²) in [6, 6.07) is -0.497. The number of carbonyl (C=O) groups excluding carboxylic acids is 2. The van der Waals surface area contributed by atoms with Crippen LogP contribution in [0.3, 0.4) is 0 Å². The van der Waals surface area contributed by atoms with Gasteiger partial charge < -0.3 is 20.2 Å². The van der Waals surface area contributed by atoms with Gasteiger partial charge in [0.05, 0.1) is 24.0 Å². The van der Waals surface area contributed by atoms with E-state index in [1.807, 2.05) is 6.92 Å². The van der Waals surface area contributed by atoms with Crippen LogP contribution in [0.25, 0.3) is 0 Å². The van der Waals surface area contributed by atoms with E-state index >= 15 is 0 Å². The summed E-state index contributed by atoms with van der Waals surface area (Å²) in [6.07, 6.45) is 0.217. The third-order valence-electron chi connectivity index (χ3n) is 6.16. The highest BCUT2D eigenvalue weighted by atomic mass is 19.2. The summed E-state index contributed by atoms with van der Waals surface area (Å²) in [7, 11) is 1.63. The molecule has 4 rings (SSSR count). The summed E-state index contributed by atoms with van der Waals surface area (Å²) in [4.78, 5) is 28.5. The maximum absolute atomic E-state index is 14.0. The van der Waals surface area contributed by atoms with Gasteiger partial charge in [-0.1, -0.05) is 6.92 Å². The molecule has 0 aliphatic carbocycles. The van der Waals surface area contributed by atoms with E-state index < -0.39 is 41.1 Å². The van der Waals surface area contributed by atoms with Gasteiger partial charge in [-0.05, 0) is 6.42 Å². The van der Waals surface area contributed by atoms with E-state index in [0.717, 1.165) is 0 Å². The third-order valence-corrected chi connectivity index (χ3v) is 6.16. The molecule has 0 unspecified atom stereocenters. The minimum atomic E-state index is -2.02. The van der Waals surface area contributed by atoms with Gasteiger partial charge in [0.1, 0.15) is 5.69 Å². The lowest BCUT2D eigenvalue weighted by Crippen LogP contribution is -2.40. The Bertz CT molecular complexity index is 1120. The van der Waals surface area contributed by atoms with Gasteiger partial charge in [0.15, 0.2) is 23.3 Å². The number of amides is 3. The van der Waals surface area contributed by atoms with Crippen LogP contribution >= 0.6 is 0 Å². The zero-order chi connectivity index (χ0) is 24.0. The normalized spacial score (nSPS) is 19.1. The number of halogens is 4. The molecule has 0 spiro atoms. The Morgan fingerprint density at radius 1 is 1.24 bits per heavy atom. The monoisotopic (exact) mass is 469 g/mol. The van der Waals surface area contributed by atoms with Crippen LogP contribution in [-0.4, -0.2) is 62.9 Å². The number of aliphatic hydroxyl groups is 1. The molecule has 2 aromatic rings. The molecule has 12 heteroatoms. The molecule has 2 aliphatic rings. The summed E-state index contributed by atoms with van der Waals surface area (Å²) in [5.41, 5.74) is 0.633. The van der Waals surface area contributed by atoms with E-state index in [9.17, 15) is 32.3 Å². The quantitative estimate of drug-likeness (QED) is 0.411. The van der Waals surface area contributed by atoms with Gasteiger partial charge in [-0.3, -0.25) is 9.48 Å². The summed E-state index contributed by atoms with van der Waals surface area (Å²) >= 11 is 0. The highest BCUT2D eigenvalue weighted by molar-refractivity contribution is 5.95. The van der Waals surface area contributed by atoms with Crippen LogP contribution in [0.15, 0.2) is 6.07 Å². The molecule has 0 bridgehead atoms. The van der Waals surface area contributed by atoms with Gasteiger partial charge in [0, 0.05) is 50.7 Å². The lowest BCUT2D eigenvalue weighted by atomic mass is 10.0. The van der Waals surface area contributed by atoms with Crippen molar-refractivity contribution in [3.05, 3.63) is 46.3 Å². The summed E-state index contributed by atoms with van der Waals surface area (Å²) in [5, 5.41) is 16.9. The average Bonchev–Trinajstić information content (AvgIpc) is 3.10. The fourth-order valence-corrected chi connectivity index (χ4v) is 4.30. The van der Waals surface area contributed by atoms with Crippen LogP contribution in [0.5, 0.6) is 0 Å². The minimum Gasteiger partial charge on any atom is -0.393 e. The predicted molar refractivity (Wildman–Crippen MR) is 108 cm³/mol. The van der Waals surface area contributed by atoms with Crippen LogP contribution in [0, 0.1) is 29.2 Å². The predicted octanol–water partition coefficient (Wildman–Crippen LogP) is 2.50. The molecule has 33 heavy (non-hydrogen) atoms. The second-order valence-electron chi connectivity index (χ2n) is 8.33. The first-order valence-corrected chi connectivity index (χ1v) is 10.5. The Hall–Kier alpha value is -3.15. The first kappa shape index (κ1) is 23.0. The van der Waals surface area contributed by atoms with E-state index in [1.165, 1.54) is 9.80 Å². The first-order chi connectivity index (χ1) is 15.6. The minimum absolute atomic E-state index is 0.0368. The molecule has 2 N–H and O–H groups in total. The maximum atomic E-state index is 14.0. The Balaban J connectivity index is 1.59. The number of aliphatic hydroxyl groups excluding tert-OH is 1. The number of urea groups is 1. The molecule has 8 nitrogen and oxygen atoms in total. The lowest BCUT2D eigenvalue weighted by Gasteiger charge is -2.28. The van der Waals surface area contributed by atoms with E-state index in [2.05, 4.69) is 10.4 Å². The second kappa shape index (κ2) is 8.65. The zero-order valence-corrected chi connectivity index (χ0v) is 18.0. The fraction of sp³-hybridized carbons (Fsp3) is 0.476. The molecule has 2 atom stereocenters. The van der Waals surface area contributed by atoms with Crippen molar-refractivity contribution < 1.29 is 32.3 Å². The van der Waals surface area contributed by atoms with E-state index in [-0.39, 0.29) is 24.9 Å². The van der Waals surface area contributed by atoms with Crippen LogP contribution in [0.1, 0.15) is 35.1 Å². The standard InChI is InChI=1S/C21H23F4N5O3/c1-3-15(31)10-7-28(2)20(32)19-11-9-29(5-4-13(11)27-30(19)8-10)21(33)26-14-6-12(22)16(23)18(25)17(14)24/h6,10,15,31H,3-5,7-9H2,1-2H3,(H,26,33)/t10-,15+/m1/s1.